The van der Waals surface area contributed by atoms with E-state index in [1.165, 1.54) is 0 Å². The van der Waals surface area contributed by atoms with Gasteiger partial charge in [0.2, 0.25) is 0 Å². The number of para-hydroxylation sites is 1. The number of nitrogens with one attached hydrogen (secondary N) is 2. The Morgan fingerprint density at radius 3 is 2.56 bits per heavy atom. The monoisotopic (exact) mass is 342 g/mol. The van der Waals surface area contributed by atoms with Gasteiger partial charge in [0.1, 0.15) is 5.75 Å². The molecule has 6 nitrogen and oxygen atoms in total. The van der Waals surface area contributed by atoms with Crippen molar-refractivity contribution in [2.45, 2.75) is 20.3 Å². The van der Waals surface area contributed by atoms with E-state index in [2.05, 4.69) is 10.6 Å². The van der Waals surface area contributed by atoms with Crippen LogP contribution in [0.3, 0.4) is 0 Å². The van der Waals surface area contributed by atoms with Gasteiger partial charge < -0.3 is 14.8 Å². The first-order valence-electron chi connectivity index (χ1n) is 8.16. The predicted molar refractivity (Wildman–Crippen MR) is 97.0 cm³/mol. The molecule has 25 heavy (non-hydrogen) atoms. The lowest BCUT2D eigenvalue weighted by Gasteiger charge is -2.11. The van der Waals surface area contributed by atoms with Crippen LogP contribution < -0.4 is 15.4 Å². The molecule has 0 unspecified atom stereocenters. The molecule has 0 aliphatic carbocycles. The highest BCUT2D eigenvalue weighted by Gasteiger charge is 2.08. The molecule has 0 aromatic heterocycles. The molecule has 2 aromatic carbocycles. The molecule has 0 spiro atoms. The molecule has 0 atom stereocenters. The van der Waals surface area contributed by atoms with Crippen LogP contribution in [0.2, 0.25) is 0 Å². The Labute approximate surface area is 147 Å². The van der Waals surface area contributed by atoms with E-state index < -0.39 is 6.09 Å². The molecule has 2 N–H and O–H groups in total. The Kier molecular flexibility index (Phi) is 6.83. The van der Waals surface area contributed by atoms with Gasteiger partial charge in [0.25, 0.3) is 5.91 Å². The summed E-state index contributed by atoms with van der Waals surface area (Å²) in [4.78, 5) is 23.5. The summed E-state index contributed by atoms with van der Waals surface area (Å²) >= 11 is 0. The fraction of sp³-hybridized carbons (Fsp3) is 0.263. The van der Waals surface area contributed by atoms with Gasteiger partial charge in [-0.1, -0.05) is 31.2 Å². The maximum Gasteiger partial charge on any atom is 0.411 e. The first-order valence-corrected chi connectivity index (χ1v) is 8.16. The average molecular weight is 342 g/mol. The number of rotatable bonds is 7. The van der Waals surface area contributed by atoms with Gasteiger partial charge in [-0.15, -0.1) is 0 Å². The number of ether oxygens (including phenoxy) is 2. The molecule has 132 valence electrons. The van der Waals surface area contributed by atoms with Gasteiger partial charge in [0.15, 0.2) is 6.61 Å². The maximum atomic E-state index is 12.1. The topological polar surface area (TPSA) is 76.7 Å². The Morgan fingerprint density at radius 2 is 1.80 bits per heavy atom. The van der Waals surface area contributed by atoms with Gasteiger partial charge in [-0.25, -0.2) is 4.79 Å². The van der Waals surface area contributed by atoms with Crippen molar-refractivity contribution >= 4 is 23.4 Å². The summed E-state index contributed by atoms with van der Waals surface area (Å²) in [5.74, 6) is 0.234. The molecular formula is C19H22N2O4. The van der Waals surface area contributed by atoms with Crippen LogP contribution in [0, 0.1) is 0 Å². The first kappa shape index (κ1) is 18.3. The zero-order valence-electron chi connectivity index (χ0n) is 14.4. The highest BCUT2D eigenvalue weighted by Crippen LogP contribution is 2.18. The number of amides is 2. The summed E-state index contributed by atoms with van der Waals surface area (Å²) in [6.07, 6.45) is 0.298. The number of aryl methyl sites for hydroxylation is 1. The van der Waals surface area contributed by atoms with E-state index in [9.17, 15) is 9.59 Å². The molecule has 6 heteroatoms. The molecule has 0 saturated carbocycles. The minimum Gasteiger partial charge on any atom is -0.484 e. The molecule has 0 aliphatic rings. The molecule has 0 radical (unpaired) electrons. The van der Waals surface area contributed by atoms with Gasteiger partial charge >= 0.3 is 6.09 Å². The summed E-state index contributed by atoms with van der Waals surface area (Å²) in [7, 11) is 0. The predicted octanol–water partition coefficient (Wildman–Crippen LogP) is 3.83. The van der Waals surface area contributed by atoms with Crippen LogP contribution in [-0.4, -0.2) is 25.2 Å². The van der Waals surface area contributed by atoms with Crippen LogP contribution in [0.1, 0.15) is 19.4 Å². The minimum absolute atomic E-state index is 0.124. The number of anilines is 2. The molecule has 0 saturated heterocycles. The Balaban J connectivity index is 1.90. The number of hydrogen-bond donors (Lipinski definition) is 2. The third-order valence-corrected chi connectivity index (χ3v) is 3.40. The second-order valence-electron chi connectivity index (χ2n) is 5.22. The van der Waals surface area contributed by atoms with E-state index in [1.54, 1.807) is 31.2 Å². The summed E-state index contributed by atoms with van der Waals surface area (Å²) in [6, 6.07) is 14.4. The van der Waals surface area contributed by atoms with E-state index in [-0.39, 0.29) is 12.5 Å². The number of hydrogen-bond acceptors (Lipinski definition) is 4. The molecule has 0 heterocycles. The van der Waals surface area contributed by atoms with Gasteiger partial charge in [0.05, 0.1) is 6.61 Å². The lowest BCUT2D eigenvalue weighted by atomic mass is 10.1. The molecule has 0 fully saturated rings. The van der Waals surface area contributed by atoms with Crippen molar-refractivity contribution in [2.24, 2.45) is 0 Å². The van der Waals surface area contributed by atoms with Gasteiger partial charge in [-0.2, -0.15) is 0 Å². The van der Waals surface area contributed by atoms with E-state index in [4.69, 9.17) is 9.47 Å². The average Bonchev–Trinajstić information content (AvgIpc) is 2.61. The van der Waals surface area contributed by atoms with Gasteiger partial charge in [-0.3, -0.25) is 10.1 Å². The molecule has 2 amide bonds. The maximum absolute atomic E-state index is 12.1. The highest BCUT2D eigenvalue weighted by molar-refractivity contribution is 5.92. The smallest absolute Gasteiger partial charge is 0.411 e. The third kappa shape index (κ3) is 5.84. The molecule has 0 bridgehead atoms. The quantitative estimate of drug-likeness (QED) is 0.801. The molecule has 2 aromatic rings. The van der Waals surface area contributed by atoms with Crippen LogP contribution in [-0.2, 0) is 16.0 Å². The van der Waals surface area contributed by atoms with Crippen molar-refractivity contribution in [2.75, 3.05) is 23.8 Å². The molecule has 0 aliphatic heterocycles. The normalized spacial score (nSPS) is 10.0. The van der Waals surface area contributed by atoms with E-state index in [1.807, 2.05) is 31.2 Å². The molecule has 2 rings (SSSR count). The van der Waals surface area contributed by atoms with Crippen molar-refractivity contribution in [3.8, 4) is 5.75 Å². The van der Waals surface area contributed by atoms with Crippen molar-refractivity contribution in [3.05, 3.63) is 54.1 Å². The van der Waals surface area contributed by atoms with Crippen molar-refractivity contribution in [1.29, 1.82) is 0 Å². The summed E-state index contributed by atoms with van der Waals surface area (Å²) < 4.78 is 10.3. The highest BCUT2D eigenvalue weighted by atomic mass is 16.5. The summed E-state index contributed by atoms with van der Waals surface area (Å²) in [5, 5.41) is 5.43. The summed E-state index contributed by atoms with van der Waals surface area (Å²) in [5.41, 5.74) is 2.39. The van der Waals surface area contributed by atoms with Crippen LogP contribution in [0.15, 0.2) is 48.5 Å². The first-order chi connectivity index (χ1) is 12.1. The van der Waals surface area contributed by atoms with E-state index in [0.717, 1.165) is 17.7 Å². The zero-order chi connectivity index (χ0) is 18.1. The SMILES string of the molecule is CCOC(=O)Nc1cccc(OCC(=O)Nc2ccccc2CC)c1. The third-order valence-electron chi connectivity index (χ3n) is 3.40. The van der Waals surface area contributed by atoms with Gasteiger partial charge in [-0.05, 0) is 37.1 Å². The van der Waals surface area contributed by atoms with Crippen LogP contribution in [0.4, 0.5) is 16.2 Å². The Morgan fingerprint density at radius 1 is 1.00 bits per heavy atom. The lowest BCUT2D eigenvalue weighted by molar-refractivity contribution is -0.118. The minimum atomic E-state index is -0.534. The van der Waals surface area contributed by atoms with Crippen molar-refractivity contribution < 1.29 is 19.1 Å². The van der Waals surface area contributed by atoms with Gasteiger partial charge in [0, 0.05) is 17.4 Å². The fourth-order valence-corrected chi connectivity index (χ4v) is 2.23. The van der Waals surface area contributed by atoms with E-state index in [0.29, 0.717) is 18.0 Å². The van der Waals surface area contributed by atoms with Crippen molar-refractivity contribution in [3.63, 3.8) is 0 Å². The number of benzene rings is 2. The molecular weight excluding hydrogens is 320 g/mol. The largest absolute Gasteiger partial charge is 0.484 e. The standard InChI is InChI=1S/C19H22N2O4/c1-3-14-8-5-6-11-17(14)21-18(22)13-25-16-10-7-9-15(12-16)20-19(23)24-4-2/h5-12H,3-4,13H2,1-2H3,(H,20,23)(H,21,22). The number of carbonyl (C=O) groups is 2. The second-order valence-corrected chi connectivity index (χ2v) is 5.22. The zero-order valence-corrected chi connectivity index (χ0v) is 14.4. The fourth-order valence-electron chi connectivity index (χ4n) is 2.23. The second kappa shape index (κ2) is 9.32. The van der Waals surface area contributed by atoms with Crippen molar-refractivity contribution in [1.82, 2.24) is 0 Å². The van der Waals surface area contributed by atoms with Crippen LogP contribution in [0.25, 0.3) is 0 Å². The Bertz CT molecular complexity index is 731. The summed E-state index contributed by atoms with van der Waals surface area (Å²) in [6.45, 7) is 3.93. The van der Waals surface area contributed by atoms with E-state index >= 15 is 0 Å². The van der Waals surface area contributed by atoms with Crippen LogP contribution in [0.5, 0.6) is 5.75 Å². The lowest BCUT2D eigenvalue weighted by Crippen LogP contribution is -2.21. The number of carbonyl (C=O) groups excluding carboxylic acids is 2. The Hall–Kier alpha value is -3.02. The van der Waals surface area contributed by atoms with Crippen LogP contribution >= 0.6 is 0 Å².